The molecule has 6 heteroatoms. The molecular weight excluding hydrogens is 260 g/mol. The second-order valence-corrected chi connectivity index (χ2v) is 5.11. The molecule has 108 valence electrons. The van der Waals surface area contributed by atoms with Gasteiger partial charge in [0.15, 0.2) is 0 Å². The molecule has 0 aromatic carbocycles. The third-order valence-corrected chi connectivity index (χ3v) is 3.74. The number of likely N-dealkylation sites (tertiary alicyclic amines) is 1. The average molecular weight is 278 g/mol. The zero-order valence-electron chi connectivity index (χ0n) is 11.3. The van der Waals surface area contributed by atoms with Gasteiger partial charge >= 0.3 is 5.97 Å². The van der Waals surface area contributed by atoms with Crippen LogP contribution >= 0.6 is 0 Å². The number of aliphatic hydroxyl groups excluding tert-OH is 1. The van der Waals surface area contributed by atoms with Crippen molar-refractivity contribution in [3.8, 4) is 0 Å². The number of aliphatic hydroxyl groups is 1. The Balaban J connectivity index is 2.00. The maximum atomic E-state index is 12.2. The van der Waals surface area contributed by atoms with E-state index in [1.165, 1.54) is 18.3 Å². The van der Waals surface area contributed by atoms with Crippen LogP contribution in [0.1, 0.15) is 40.6 Å². The number of carbonyl (C=O) groups excluding carboxylic acids is 1. The van der Waals surface area contributed by atoms with Gasteiger partial charge in [-0.2, -0.15) is 0 Å². The number of nitrogens with zero attached hydrogens (tertiary/aromatic N) is 2. The number of pyridine rings is 1. The van der Waals surface area contributed by atoms with Crippen molar-refractivity contribution in [2.24, 2.45) is 5.92 Å². The molecule has 1 unspecified atom stereocenters. The van der Waals surface area contributed by atoms with E-state index in [2.05, 4.69) is 4.98 Å². The molecule has 6 nitrogen and oxygen atoms in total. The summed E-state index contributed by atoms with van der Waals surface area (Å²) >= 11 is 0. The molecule has 20 heavy (non-hydrogen) atoms. The molecule has 0 spiro atoms. The molecule has 2 heterocycles. The molecule has 1 aromatic heterocycles. The fourth-order valence-electron chi connectivity index (χ4n) is 2.41. The summed E-state index contributed by atoms with van der Waals surface area (Å²) in [5, 5.41) is 18.3. The largest absolute Gasteiger partial charge is 0.477 e. The summed E-state index contributed by atoms with van der Waals surface area (Å²) in [4.78, 5) is 28.4. The number of carboxylic acids is 1. The van der Waals surface area contributed by atoms with Crippen molar-refractivity contribution in [3.05, 3.63) is 29.6 Å². The number of carboxylic acid groups (broad SMARTS) is 1. The molecule has 1 atom stereocenters. The fourth-order valence-corrected chi connectivity index (χ4v) is 2.41. The van der Waals surface area contributed by atoms with Crippen LogP contribution in [0.5, 0.6) is 0 Å². The van der Waals surface area contributed by atoms with E-state index in [0.29, 0.717) is 18.7 Å². The van der Waals surface area contributed by atoms with E-state index in [4.69, 9.17) is 5.11 Å². The maximum absolute atomic E-state index is 12.2. The van der Waals surface area contributed by atoms with Crippen LogP contribution in [0.15, 0.2) is 18.3 Å². The highest BCUT2D eigenvalue weighted by Crippen LogP contribution is 2.21. The first kappa shape index (κ1) is 14.5. The number of carbonyl (C=O) groups is 2. The van der Waals surface area contributed by atoms with Gasteiger partial charge in [-0.05, 0) is 37.8 Å². The second kappa shape index (κ2) is 6.00. The third-order valence-electron chi connectivity index (χ3n) is 3.74. The van der Waals surface area contributed by atoms with Crippen molar-refractivity contribution < 1.29 is 19.8 Å². The number of hydrogen-bond donors (Lipinski definition) is 2. The van der Waals surface area contributed by atoms with Gasteiger partial charge in [0.05, 0.1) is 11.7 Å². The molecule has 0 bridgehead atoms. The van der Waals surface area contributed by atoms with Gasteiger partial charge in [-0.25, -0.2) is 9.78 Å². The summed E-state index contributed by atoms with van der Waals surface area (Å²) < 4.78 is 0. The summed E-state index contributed by atoms with van der Waals surface area (Å²) in [7, 11) is 0. The van der Waals surface area contributed by atoms with Gasteiger partial charge in [-0.1, -0.05) is 0 Å². The van der Waals surface area contributed by atoms with Gasteiger partial charge in [-0.15, -0.1) is 0 Å². The van der Waals surface area contributed by atoms with E-state index < -0.39 is 5.97 Å². The SMILES string of the molecule is CC(O)C1CCN(C(=O)c2ccc(C(=O)O)nc2)CC1. The molecule has 0 radical (unpaired) electrons. The topological polar surface area (TPSA) is 90.7 Å². The number of amides is 1. The van der Waals surface area contributed by atoms with Gasteiger partial charge in [0.2, 0.25) is 0 Å². The fraction of sp³-hybridized carbons (Fsp3) is 0.500. The first-order valence-electron chi connectivity index (χ1n) is 6.65. The van der Waals surface area contributed by atoms with E-state index in [1.807, 2.05) is 0 Å². The second-order valence-electron chi connectivity index (χ2n) is 5.11. The van der Waals surface area contributed by atoms with Crippen LogP contribution in [0.4, 0.5) is 0 Å². The average Bonchev–Trinajstić information content (AvgIpc) is 2.46. The van der Waals surface area contributed by atoms with Gasteiger partial charge in [0, 0.05) is 19.3 Å². The van der Waals surface area contributed by atoms with Crippen molar-refractivity contribution in [2.45, 2.75) is 25.9 Å². The Morgan fingerprint density at radius 1 is 1.35 bits per heavy atom. The van der Waals surface area contributed by atoms with Crippen LogP contribution in [0.25, 0.3) is 0 Å². The summed E-state index contributed by atoms with van der Waals surface area (Å²) in [5.41, 5.74) is 0.319. The van der Waals surface area contributed by atoms with Crippen LogP contribution in [-0.2, 0) is 0 Å². The molecular formula is C14H18N2O4. The zero-order valence-corrected chi connectivity index (χ0v) is 11.3. The Bertz CT molecular complexity index is 490. The summed E-state index contributed by atoms with van der Waals surface area (Å²) in [6.07, 6.45) is 2.52. The van der Waals surface area contributed by atoms with Gasteiger partial charge in [0.1, 0.15) is 5.69 Å². The third kappa shape index (κ3) is 3.14. The minimum Gasteiger partial charge on any atom is -0.477 e. The summed E-state index contributed by atoms with van der Waals surface area (Å²) in [6, 6.07) is 2.82. The highest BCUT2D eigenvalue weighted by atomic mass is 16.4. The number of rotatable bonds is 3. The van der Waals surface area contributed by atoms with Crippen LogP contribution in [-0.4, -0.2) is 51.2 Å². The van der Waals surface area contributed by atoms with Gasteiger partial charge < -0.3 is 15.1 Å². The molecule has 0 aliphatic carbocycles. The lowest BCUT2D eigenvalue weighted by atomic mass is 9.92. The minimum absolute atomic E-state index is 0.0747. The van der Waals surface area contributed by atoms with Crippen molar-refractivity contribution in [1.82, 2.24) is 9.88 Å². The molecule has 1 saturated heterocycles. The molecule has 1 amide bonds. The van der Waals surface area contributed by atoms with E-state index in [1.54, 1.807) is 11.8 Å². The Morgan fingerprint density at radius 2 is 2.00 bits per heavy atom. The molecule has 1 fully saturated rings. The molecule has 1 aliphatic rings. The lowest BCUT2D eigenvalue weighted by Gasteiger charge is -2.33. The molecule has 2 N–H and O–H groups in total. The molecule has 1 aromatic rings. The molecule has 2 rings (SSSR count). The zero-order chi connectivity index (χ0) is 14.7. The van der Waals surface area contributed by atoms with Gasteiger partial charge in [0.25, 0.3) is 5.91 Å². The van der Waals surface area contributed by atoms with E-state index in [9.17, 15) is 14.7 Å². The normalized spacial score (nSPS) is 17.8. The van der Waals surface area contributed by atoms with Crippen molar-refractivity contribution in [3.63, 3.8) is 0 Å². The van der Waals surface area contributed by atoms with Crippen LogP contribution < -0.4 is 0 Å². The standard InChI is InChI=1S/C14H18N2O4/c1-9(17)10-4-6-16(7-5-10)13(18)11-2-3-12(14(19)20)15-8-11/h2-3,8-10,17H,4-7H2,1H3,(H,19,20). The molecule has 1 aliphatic heterocycles. The highest BCUT2D eigenvalue weighted by molar-refractivity contribution is 5.94. The smallest absolute Gasteiger partial charge is 0.354 e. The van der Waals surface area contributed by atoms with Crippen LogP contribution in [0, 0.1) is 5.92 Å². The number of aromatic nitrogens is 1. The molecule has 0 saturated carbocycles. The Hall–Kier alpha value is -1.95. The first-order chi connectivity index (χ1) is 9.49. The van der Waals surface area contributed by atoms with Crippen LogP contribution in [0.3, 0.4) is 0 Å². The van der Waals surface area contributed by atoms with Crippen molar-refractivity contribution in [1.29, 1.82) is 0 Å². The lowest BCUT2D eigenvalue weighted by molar-refractivity contribution is 0.0520. The monoisotopic (exact) mass is 278 g/mol. The Morgan fingerprint density at radius 3 is 2.45 bits per heavy atom. The van der Waals surface area contributed by atoms with E-state index in [-0.39, 0.29) is 23.6 Å². The highest BCUT2D eigenvalue weighted by Gasteiger charge is 2.26. The number of hydrogen-bond acceptors (Lipinski definition) is 4. The minimum atomic E-state index is -1.11. The Labute approximate surface area is 117 Å². The summed E-state index contributed by atoms with van der Waals surface area (Å²) in [5.74, 6) is -1.01. The number of aromatic carboxylic acids is 1. The number of piperidine rings is 1. The predicted molar refractivity (Wildman–Crippen MR) is 71.5 cm³/mol. The quantitative estimate of drug-likeness (QED) is 0.861. The maximum Gasteiger partial charge on any atom is 0.354 e. The lowest BCUT2D eigenvalue weighted by Crippen LogP contribution is -2.40. The van der Waals surface area contributed by atoms with E-state index in [0.717, 1.165) is 12.8 Å². The van der Waals surface area contributed by atoms with Crippen molar-refractivity contribution in [2.75, 3.05) is 13.1 Å². The Kier molecular flexibility index (Phi) is 4.34. The first-order valence-corrected chi connectivity index (χ1v) is 6.65. The summed E-state index contributed by atoms with van der Waals surface area (Å²) in [6.45, 7) is 2.99. The van der Waals surface area contributed by atoms with Crippen molar-refractivity contribution >= 4 is 11.9 Å². The van der Waals surface area contributed by atoms with Gasteiger partial charge in [-0.3, -0.25) is 4.79 Å². The van der Waals surface area contributed by atoms with E-state index >= 15 is 0 Å². The van der Waals surface area contributed by atoms with Crippen LogP contribution in [0.2, 0.25) is 0 Å². The predicted octanol–water partition coefficient (Wildman–Crippen LogP) is 1.01.